The van der Waals surface area contributed by atoms with Gasteiger partial charge in [0.15, 0.2) is 0 Å². The van der Waals surface area contributed by atoms with Crippen molar-refractivity contribution in [1.82, 2.24) is 5.32 Å². The quantitative estimate of drug-likeness (QED) is 0.444. The molecule has 0 radical (unpaired) electrons. The van der Waals surface area contributed by atoms with Crippen LogP contribution in [0.15, 0.2) is 35.7 Å². The van der Waals surface area contributed by atoms with E-state index < -0.39 is 27.6 Å². The van der Waals surface area contributed by atoms with Crippen molar-refractivity contribution in [2.75, 3.05) is 5.32 Å². The molecule has 0 fully saturated rings. The summed E-state index contributed by atoms with van der Waals surface area (Å²) >= 11 is 24.5. The van der Waals surface area contributed by atoms with Gasteiger partial charge in [-0.25, -0.2) is 0 Å². The van der Waals surface area contributed by atoms with E-state index >= 15 is 0 Å². The van der Waals surface area contributed by atoms with Crippen LogP contribution in [-0.2, 0) is 6.18 Å². The van der Waals surface area contributed by atoms with E-state index in [2.05, 4.69) is 10.6 Å². The van der Waals surface area contributed by atoms with E-state index in [0.717, 1.165) is 29.5 Å². The Labute approximate surface area is 165 Å². The highest BCUT2D eigenvalue weighted by atomic mass is 35.6. The van der Waals surface area contributed by atoms with E-state index in [1.807, 2.05) is 0 Å². The molecule has 0 bridgehead atoms. The molecule has 1 atom stereocenters. The zero-order chi connectivity index (χ0) is 18.8. The first-order chi connectivity index (χ1) is 11.5. The van der Waals surface area contributed by atoms with Gasteiger partial charge in [0.1, 0.15) is 6.17 Å². The molecule has 1 amide bonds. The molecule has 3 nitrogen and oxygen atoms in total. The van der Waals surface area contributed by atoms with E-state index in [0.29, 0.717) is 4.88 Å². The van der Waals surface area contributed by atoms with E-state index in [1.54, 1.807) is 17.5 Å². The van der Waals surface area contributed by atoms with Crippen LogP contribution in [0.1, 0.15) is 15.2 Å². The lowest BCUT2D eigenvalue weighted by Crippen LogP contribution is -2.49. The standard InChI is InChI=1S/C14H9Cl4F3N2OS/c15-8-4-3-7(14(19,20)21)6-9(8)22-12(13(16,17)18)23-11(24)10-2-1-5-25-10/h1-6,12,22H,(H,23,24). The third-order valence-electron chi connectivity index (χ3n) is 2.94. The smallest absolute Gasteiger partial charge is 0.361 e. The zero-order valence-electron chi connectivity index (χ0n) is 12.0. The molecule has 1 aromatic heterocycles. The fourth-order valence-corrected chi connectivity index (χ4v) is 2.90. The number of carbonyl (C=O) groups is 1. The molecule has 1 aromatic carbocycles. The van der Waals surface area contributed by atoms with Crippen molar-refractivity contribution in [1.29, 1.82) is 0 Å². The van der Waals surface area contributed by atoms with Crippen LogP contribution in [0.3, 0.4) is 0 Å². The molecular weight excluding hydrogens is 443 g/mol. The zero-order valence-corrected chi connectivity index (χ0v) is 15.8. The minimum absolute atomic E-state index is 0.0300. The molecule has 136 valence electrons. The van der Waals surface area contributed by atoms with Crippen molar-refractivity contribution in [2.24, 2.45) is 0 Å². The number of nitrogens with one attached hydrogen (secondary N) is 2. The summed E-state index contributed by atoms with van der Waals surface area (Å²) in [4.78, 5) is 12.5. The van der Waals surface area contributed by atoms with E-state index in [-0.39, 0.29) is 10.7 Å². The number of hydrogen-bond acceptors (Lipinski definition) is 3. The van der Waals surface area contributed by atoms with E-state index in [9.17, 15) is 18.0 Å². The highest BCUT2D eigenvalue weighted by Gasteiger charge is 2.36. The van der Waals surface area contributed by atoms with Gasteiger partial charge in [-0.2, -0.15) is 13.2 Å². The maximum Gasteiger partial charge on any atom is 0.416 e. The summed E-state index contributed by atoms with van der Waals surface area (Å²) in [6.45, 7) is 0. The van der Waals surface area contributed by atoms with Crippen LogP contribution >= 0.6 is 57.7 Å². The van der Waals surface area contributed by atoms with Gasteiger partial charge >= 0.3 is 6.18 Å². The van der Waals surface area contributed by atoms with E-state index in [4.69, 9.17) is 46.4 Å². The molecule has 2 rings (SSSR count). The molecule has 1 heterocycles. The number of amides is 1. The van der Waals surface area contributed by atoms with Gasteiger partial charge in [-0.05, 0) is 29.6 Å². The highest BCUT2D eigenvalue weighted by Crippen LogP contribution is 2.36. The third-order valence-corrected chi connectivity index (χ3v) is 4.79. The van der Waals surface area contributed by atoms with Crippen LogP contribution in [0, 0.1) is 0 Å². The number of carbonyl (C=O) groups excluding carboxylic acids is 1. The number of rotatable bonds is 4. The minimum atomic E-state index is -4.57. The fraction of sp³-hybridized carbons (Fsp3) is 0.214. The second-order valence-electron chi connectivity index (χ2n) is 4.76. The van der Waals surface area contributed by atoms with Gasteiger partial charge < -0.3 is 10.6 Å². The number of alkyl halides is 6. The molecule has 0 aliphatic carbocycles. The molecule has 11 heteroatoms. The molecule has 2 N–H and O–H groups in total. The second-order valence-corrected chi connectivity index (χ2v) is 8.49. The van der Waals surface area contributed by atoms with Crippen LogP contribution < -0.4 is 10.6 Å². The van der Waals surface area contributed by atoms with Gasteiger partial charge in [0.05, 0.1) is 21.2 Å². The largest absolute Gasteiger partial charge is 0.416 e. The van der Waals surface area contributed by atoms with Crippen molar-refractivity contribution >= 4 is 69.3 Å². The first-order valence-electron chi connectivity index (χ1n) is 6.53. The van der Waals surface area contributed by atoms with Crippen LogP contribution in [0.5, 0.6) is 0 Å². The Morgan fingerprint density at radius 3 is 2.36 bits per heavy atom. The van der Waals surface area contributed by atoms with Crippen molar-refractivity contribution in [3.05, 3.63) is 51.2 Å². The summed E-state index contributed by atoms with van der Waals surface area (Å²) in [5.41, 5.74) is -1.08. The minimum Gasteiger partial charge on any atom is -0.361 e. The molecule has 0 aliphatic rings. The van der Waals surface area contributed by atoms with Crippen LogP contribution in [-0.4, -0.2) is 15.9 Å². The maximum absolute atomic E-state index is 12.8. The summed E-state index contributed by atoms with van der Waals surface area (Å²) in [5.74, 6) is -0.554. The summed E-state index contributed by atoms with van der Waals surface area (Å²) in [6, 6.07) is 5.85. The number of thiophene rings is 1. The Morgan fingerprint density at radius 2 is 1.84 bits per heavy atom. The van der Waals surface area contributed by atoms with Crippen molar-refractivity contribution in [3.63, 3.8) is 0 Å². The molecule has 0 aliphatic heterocycles. The van der Waals surface area contributed by atoms with Gasteiger partial charge in [0, 0.05) is 0 Å². The lowest BCUT2D eigenvalue weighted by Gasteiger charge is -2.28. The first-order valence-corrected chi connectivity index (χ1v) is 8.92. The summed E-state index contributed by atoms with van der Waals surface area (Å²) in [6.07, 6.45) is -5.90. The average molecular weight is 452 g/mol. The maximum atomic E-state index is 12.8. The molecular formula is C14H9Cl4F3N2OS. The predicted octanol–water partition coefficient (Wildman–Crippen LogP) is 5.96. The van der Waals surface area contributed by atoms with Crippen LogP contribution in [0.25, 0.3) is 0 Å². The number of anilines is 1. The monoisotopic (exact) mass is 450 g/mol. The Morgan fingerprint density at radius 1 is 1.16 bits per heavy atom. The SMILES string of the molecule is O=C(NC(Nc1cc(C(F)(F)F)ccc1Cl)C(Cl)(Cl)Cl)c1cccs1. The molecule has 1 unspecified atom stereocenters. The third kappa shape index (κ3) is 5.56. The van der Waals surface area contributed by atoms with Crippen LogP contribution in [0.2, 0.25) is 5.02 Å². The molecule has 25 heavy (non-hydrogen) atoms. The Kier molecular flexibility index (Phi) is 6.38. The van der Waals surface area contributed by atoms with Gasteiger partial charge in [0.25, 0.3) is 5.91 Å². The lowest BCUT2D eigenvalue weighted by atomic mass is 10.2. The Bertz CT molecular complexity index is 748. The number of halogens is 7. The first kappa shape index (κ1) is 20.5. The topological polar surface area (TPSA) is 41.1 Å². The second kappa shape index (κ2) is 7.80. The molecule has 2 aromatic rings. The summed E-state index contributed by atoms with van der Waals surface area (Å²) < 4.78 is 36.5. The Balaban J connectivity index is 2.27. The van der Waals surface area contributed by atoms with Gasteiger partial charge in [0.2, 0.25) is 3.79 Å². The van der Waals surface area contributed by atoms with Crippen LogP contribution in [0.4, 0.5) is 18.9 Å². The van der Waals surface area contributed by atoms with E-state index in [1.165, 1.54) is 0 Å². The highest BCUT2D eigenvalue weighted by molar-refractivity contribution is 7.12. The molecule has 0 saturated carbocycles. The van der Waals surface area contributed by atoms with Crippen molar-refractivity contribution < 1.29 is 18.0 Å². The summed E-state index contributed by atoms with van der Waals surface area (Å²) in [7, 11) is 0. The lowest BCUT2D eigenvalue weighted by molar-refractivity contribution is -0.137. The van der Waals surface area contributed by atoms with Crippen molar-refractivity contribution in [3.8, 4) is 0 Å². The summed E-state index contributed by atoms with van der Waals surface area (Å²) in [5, 5.41) is 6.60. The van der Waals surface area contributed by atoms with Gasteiger partial charge in [-0.15, -0.1) is 11.3 Å². The normalized spacial score (nSPS) is 13.4. The fourth-order valence-electron chi connectivity index (χ4n) is 1.78. The van der Waals surface area contributed by atoms with Crippen molar-refractivity contribution in [2.45, 2.75) is 16.1 Å². The average Bonchev–Trinajstić information content (AvgIpc) is 3.00. The Hall–Kier alpha value is -0.860. The molecule has 0 saturated heterocycles. The van der Waals surface area contributed by atoms with Gasteiger partial charge in [-0.3, -0.25) is 4.79 Å². The molecule has 0 spiro atoms. The van der Waals surface area contributed by atoms with Gasteiger partial charge in [-0.1, -0.05) is 52.5 Å². The predicted molar refractivity (Wildman–Crippen MR) is 95.9 cm³/mol. The number of benzene rings is 1. The number of hydrogen-bond donors (Lipinski definition) is 2.